The molecule has 0 aliphatic heterocycles. The largest absolute Gasteiger partial charge is 0.480 e. The Morgan fingerprint density at radius 1 is 1.42 bits per heavy atom. The number of nitrogens with two attached hydrogens (primary N) is 1. The smallest absolute Gasteiger partial charge is 0.320 e. The summed E-state index contributed by atoms with van der Waals surface area (Å²) in [4.78, 5) is 21.6. The number of rotatable bonds is 8. The number of carbonyl (C=O) groups is 2. The summed E-state index contributed by atoms with van der Waals surface area (Å²) >= 11 is 5.86. The summed E-state index contributed by atoms with van der Waals surface area (Å²) in [5.41, 5.74) is 6.03. The van der Waals surface area contributed by atoms with E-state index < -0.39 is 17.9 Å². The number of carbonyl (C=O) groups excluding carboxylic acids is 1. The van der Waals surface area contributed by atoms with Crippen molar-refractivity contribution in [1.29, 1.82) is 0 Å². The van der Waals surface area contributed by atoms with Crippen molar-refractivity contribution in [1.82, 2.24) is 5.32 Å². The first-order valence-electron chi connectivity index (χ1n) is 5.98. The Morgan fingerprint density at radius 2 is 2.16 bits per heavy atom. The lowest BCUT2D eigenvalue weighted by atomic mass is 10.1. The van der Waals surface area contributed by atoms with Gasteiger partial charge in [0.05, 0.1) is 0 Å². The molecule has 0 fully saturated rings. The standard InChI is InChI=1S/C13H17ClN2O3/c14-10-3-1-2-9(8-10)6-7-16-11(13(18)19)4-5-12(15)17/h1-3,8,11,16H,4-7H2,(H2,15,17)(H,18,19)/t11-/m0/s1. The molecule has 0 radical (unpaired) electrons. The highest BCUT2D eigenvalue weighted by Gasteiger charge is 2.16. The minimum atomic E-state index is -0.979. The zero-order valence-corrected chi connectivity index (χ0v) is 11.2. The van der Waals surface area contributed by atoms with E-state index in [9.17, 15) is 9.59 Å². The summed E-state index contributed by atoms with van der Waals surface area (Å²) in [7, 11) is 0. The fraction of sp³-hybridized carbons (Fsp3) is 0.385. The molecule has 1 rings (SSSR count). The molecule has 0 heterocycles. The van der Waals surface area contributed by atoms with Crippen LogP contribution in [0.25, 0.3) is 0 Å². The molecule has 0 aromatic heterocycles. The van der Waals surface area contributed by atoms with Gasteiger partial charge in [-0.3, -0.25) is 9.59 Å². The summed E-state index contributed by atoms with van der Waals surface area (Å²) in [5, 5.41) is 12.5. The lowest BCUT2D eigenvalue weighted by molar-refractivity contribution is -0.139. The van der Waals surface area contributed by atoms with Crippen LogP contribution in [0.1, 0.15) is 18.4 Å². The van der Waals surface area contributed by atoms with Crippen LogP contribution < -0.4 is 11.1 Å². The van der Waals surface area contributed by atoms with Gasteiger partial charge in [0.15, 0.2) is 0 Å². The maximum absolute atomic E-state index is 11.0. The average molecular weight is 285 g/mol. The molecule has 104 valence electrons. The van der Waals surface area contributed by atoms with Crippen LogP contribution in [0.4, 0.5) is 0 Å². The van der Waals surface area contributed by atoms with Gasteiger partial charge in [-0.25, -0.2) is 0 Å². The molecule has 1 aromatic carbocycles. The van der Waals surface area contributed by atoms with Gasteiger partial charge in [0, 0.05) is 11.4 Å². The van der Waals surface area contributed by atoms with Gasteiger partial charge in [-0.15, -0.1) is 0 Å². The zero-order valence-electron chi connectivity index (χ0n) is 10.4. The fourth-order valence-electron chi connectivity index (χ4n) is 1.68. The SMILES string of the molecule is NC(=O)CC[C@H](NCCc1cccc(Cl)c1)C(=O)O. The molecule has 4 N–H and O–H groups in total. The van der Waals surface area contributed by atoms with Crippen LogP contribution in [-0.2, 0) is 16.0 Å². The number of carboxylic acid groups (broad SMARTS) is 1. The Hall–Kier alpha value is -1.59. The third kappa shape index (κ3) is 6.22. The second-order valence-corrected chi connectivity index (χ2v) is 4.67. The van der Waals surface area contributed by atoms with Crippen LogP contribution in [-0.4, -0.2) is 29.6 Å². The Bertz CT molecular complexity index is 451. The molecule has 19 heavy (non-hydrogen) atoms. The van der Waals surface area contributed by atoms with Gasteiger partial charge >= 0.3 is 5.97 Å². The van der Waals surface area contributed by atoms with Gasteiger partial charge in [0.25, 0.3) is 0 Å². The van der Waals surface area contributed by atoms with Crippen molar-refractivity contribution < 1.29 is 14.7 Å². The quantitative estimate of drug-likeness (QED) is 0.668. The van der Waals surface area contributed by atoms with Crippen molar-refractivity contribution in [2.24, 2.45) is 5.73 Å². The number of primary amides is 1. The number of amides is 1. The Kier molecular flexibility index (Phi) is 6.32. The molecule has 0 aliphatic rings. The minimum absolute atomic E-state index is 0.0567. The van der Waals surface area contributed by atoms with Crippen LogP contribution in [0.2, 0.25) is 5.02 Å². The molecular weight excluding hydrogens is 268 g/mol. The van der Waals surface area contributed by atoms with Crippen LogP contribution in [0.15, 0.2) is 24.3 Å². The highest BCUT2D eigenvalue weighted by atomic mass is 35.5. The molecule has 0 aliphatic carbocycles. The topological polar surface area (TPSA) is 92.4 Å². The third-order valence-corrected chi connectivity index (χ3v) is 2.91. The molecule has 1 amide bonds. The Morgan fingerprint density at radius 3 is 2.74 bits per heavy atom. The van der Waals surface area contributed by atoms with E-state index in [1.165, 1.54) is 0 Å². The summed E-state index contributed by atoms with van der Waals surface area (Å²) in [5.74, 6) is -1.48. The lowest BCUT2D eigenvalue weighted by Crippen LogP contribution is -2.38. The molecule has 0 bridgehead atoms. The van der Waals surface area contributed by atoms with Crippen molar-refractivity contribution in [2.75, 3.05) is 6.54 Å². The molecule has 0 saturated heterocycles. The Balaban J connectivity index is 2.39. The van der Waals surface area contributed by atoms with Crippen molar-refractivity contribution >= 4 is 23.5 Å². The number of benzene rings is 1. The Labute approximate surface area is 116 Å². The van der Waals surface area contributed by atoms with Crippen molar-refractivity contribution in [2.45, 2.75) is 25.3 Å². The average Bonchev–Trinajstić information content (AvgIpc) is 2.32. The predicted octanol–water partition coefficient (Wildman–Crippen LogP) is 1.19. The van der Waals surface area contributed by atoms with Gasteiger partial charge in [-0.05, 0) is 37.1 Å². The zero-order chi connectivity index (χ0) is 14.3. The van der Waals surface area contributed by atoms with Gasteiger partial charge < -0.3 is 16.2 Å². The van der Waals surface area contributed by atoms with E-state index in [1.54, 1.807) is 6.07 Å². The molecule has 0 unspecified atom stereocenters. The number of aliphatic carboxylic acids is 1. The second-order valence-electron chi connectivity index (χ2n) is 4.23. The minimum Gasteiger partial charge on any atom is -0.480 e. The van der Waals surface area contributed by atoms with Crippen LogP contribution in [0.3, 0.4) is 0 Å². The molecule has 1 aromatic rings. The molecular formula is C13H17ClN2O3. The van der Waals surface area contributed by atoms with E-state index in [1.807, 2.05) is 18.2 Å². The van der Waals surface area contributed by atoms with Crippen LogP contribution >= 0.6 is 11.6 Å². The van der Waals surface area contributed by atoms with Gasteiger partial charge in [0.1, 0.15) is 6.04 Å². The predicted molar refractivity (Wildman–Crippen MR) is 73.0 cm³/mol. The van der Waals surface area contributed by atoms with Crippen molar-refractivity contribution in [3.8, 4) is 0 Å². The number of nitrogens with one attached hydrogen (secondary N) is 1. The maximum atomic E-state index is 11.0. The second kappa shape index (κ2) is 7.76. The van der Waals surface area contributed by atoms with Gasteiger partial charge in [-0.2, -0.15) is 0 Å². The monoisotopic (exact) mass is 284 g/mol. The van der Waals surface area contributed by atoms with E-state index >= 15 is 0 Å². The number of carboxylic acids is 1. The van der Waals surface area contributed by atoms with Crippen molar-refractivity contribution in [3.05, 3.63) is 34.9 Å². The maximum Gasteiger partial charge on any atom is 0.320 e. The van der Waals surface area contributed by atoms with E-state index in [0.29, 0.717) is 18.0 Å². The van der Waals surface area contributed by atoms with Gasteiger partial charge in [-0.1, -0.05) is 23.7 Å². The fourth-order valence-corrected chi connectivity index (χ4v) is 1.90. The van der Waals surface area contributed by atoms with E-state index in [2.05, 4.69) is 5.32 Å². The lowest BCUT2D eigenvalue weighted by Gasteiger charge is -2.13. The highest BCUT2D eigenvalue weighted by Crippen LogP contribution is 2.10. The molecule has 1 atom stereocenters. The molecule has 6 heteroatoms. The summed E-state index contributed by atoms with van der Waals surface area (Å²) < 4.78 is 0. The van der Waals surface area contributed by atoms with E-state index in [4.69, 9.17) is 22.4 Å². The molecule has 0 spiro atoms. The molecule has 0 saturated carbocycles. The first-order chi connectivity index (χ1) is 8.99. The summed E-state index contributed by atoms with van der Waals surface area (Å²) in [6, 6.07) is 6.63. The number of hydrogen-bond acceptors (Lipinski definition) is 3. The highest BCUT2D eigenvalue weighted by molar-refractivity contribution is 6.30. The van der Waals surface area contributed by atoms with Crippen LogP contribution in [0.5, 0.6) is 0 Å². The first kappa shape index (κ1) is 15.5. The third-order valence-electron chi connectivity index (χ3n) is 2.67. The number of hydrogen-bond donors (Lipinski definition) is 3. The summed E-state index contributed by atoms with van der Waals surface area (Å²) in [6.07, 6.45) is 0.919. The van der Waals surface area contributed by atoms with E-state index in [-0.39, 0.29) is 12.8 Å². The van der Waals surface area contributed by atoms with Crippen molar-refractivity contribution in [3.63, 3.8) is 0 Å². The molecule has 5 nitrogen and oxygen atoms in total. The van der Waals surface area contributed by atoms with Crippen LogP contribution in [0, 0.1) is 0 Å². The first-order valence-corrected chi connectivity index (χ1v) is 6.36. The van der Waals surface area contributed by atoms with Gasteiger partial charge in [0.2, 0.25) is 5.91 Å². The van der Waals surface area contributed by atoms with E-state index in [0.717, 1.165) is 5.56 Å². The normalized spacial score (nSPS) is 12.1. The summed E-state index contributed by atoms with van der Waals surface area (Å²) in [6.45, 7) is 0.496. The number of halogens is 1.